The molecule has 1 aromatic carbocycles. The monoisotopic (exact) mass is 483 g/mol. The van der Waals surface area contributed by atoms with E-state index < -0.39 is 21.9 Å². The van der Waals surface area contributed by atoms with Gasteiger partial charge in [-0.2, -0.15) is 0 Å². The van der Waals surface area contributed by atoms with E-state index in [2.05, 4.69) is 10.0 Å². The molecule has 1 heterocycles. The molecule has 0 bridgehead atoms. The lowest BCUT2D eigenvalue weighted by Gasteiger charge is -2.26. The van der Waals surface area contributed by atoms with Gasteiger partial charge < -0.3 is 9.64 Å². The van der Waals surface area contributed by atoms with E-state index in [1.165, 1.54) is 6.07 Å². The van der Waals surface area contributed by atoms with Crippen LogP contribution in [0.5, 0.6) is 5.75 Å². The van der Waals surface area contributed by atoms with Crippen LogP contribution >= 0.6 is 0 Å². The van der Waals surface area contributed by atoms with Crippen LogP contribution in [-0.4, -0.2) is 50.7 Å². The van der Waals surface area contributed by atoms with Gasteiger partial charge in [0.2, 0.25) is 15.9 Å². The number of nitrogens with one attached hydrogen (secondary N) is 2. The lowest BCUT2D eigenvalue weighted by Crippen LogP contribution is -2.49. The van der Waals surface area contributed by atoms with Crippen LogP contribution in [0, 0.1) is 17.7 Å². The largest absolute Gasteiger partial charge is 0.490 e. The molecule has 1 saturated heterocycles. The highest BCUT2D eigenvalue weighted by molar-refractivity contribution is 7.89. The number of benzene rings is 1. The Morgan fingerprint density at radius 1 is 1.21 bits per heavy atom. The molecular formula is C23H34FN3O5S. The molecule has 3 rings (SSSR count). The topological polar surface area (TPSA) is 105 Å². The number of hydrogen-bond donors (Lipinski definition) is 2. The van der Waals surface area contributed by atoms with E-state index in [0.717, 1.165) is 12.8 Å². The van der Waals surface area contributed by atoms with Gasteiger partial charge in [0.05, 0.1) is 12.4 Å². The minimum Gasteiger partial charge on any atom is -0.490 e. The van der Waals surface area contributed by atoms with E-state index in [1.807, 2.05) is 13.8 Å². The summed E-state index contributed by atoms with van der Waals surface area (Å²) < 4.78 is 48.0. The van der Waals surface area contributed by atoms with Crippen LogP contribution in [0.15, 0.2) is 18.2 Å². The third-order valence-electron chi connectivity index (χ3n) is 5.94. The maximum absolute atomic E-state index is 14.2. The minimum atomic E-state index is -3.56. The van der Waals surface area contributed by atoms with Crippen molar-refractivity contribution >= 4 is 22.0 Å². The molecule has 0 spiro atoms. The first-order chi connectivity index (χ1) is 15.6. The zero-order chi connectivity index (χ0) is 24.0. The Morgan fingerprint density at radius 3 is 2.64 bits per heavy atom. The van der Waals surface area contributed by atoms with E-state index >= 15 is 0 Å². The summed E-state index contributed by atoms with van der Waals surface area (Å²) in [6.45, 7) is 5.18. The lowest BCUT2D eigenvalue weighted by molar-refractivity contribution is -0.121. The molecule has 1 atom stereocenters. The number of unbranched alkanes of at least 4 members (excludes halogenated alkanes) is 2. The van der Waals surface area contributed by atoms with Gasteiger partial charge in [0, 0.05) is 25.6 Å². The highest BCUT2D eigenvalue weighted by atomic mass is 32.2. The fourth-order valence-electron chi connectivity index (χ4n) is 3.74. The predicted octanol–water partition coefficient (Wildman–Crippen LogP) is 3.34. The standard InChI is InChI=1S/C23H34FN3O5S/c1-16(2)22(18-8-9-19(24)20(14-18)32-15-17-6-7-17)26-33(30,31)13-5-3-4-11-27-12-10-21(28)25-23(27)29/h8-9,14,16-17,22,26H,3-7,10-13,15H2,1-2H3,(H,25,28,29)/t22-/m1/s1. The van der Waals surface area contributed by atoms with Crippen LogP contribution in [0.4, 0.5) is 9.18 Å². The molecule has 2 N–H and O–H groups in total. The van der Waals surface area contributed by atoms with Gasteiger partial charge in [-0.15, -0.1) is 0 Å². The van der Waals surface area contributed by atoms with Crippen LogP contribution in [-0.2, 0) is 14.8 Å². The molecule has 1 aliphatic heterocycles. The fraction of sp³-hybridized carbons (Fsp3) is 0.652. The maximum atomic E-state index is 14.2. The second kappa shape index (κ2) is 11.3. The maximum Gasteiger partial charge on any atom is 0.324 e. The van der Waals surface area contributed by atoms with Gasteiger partial charge in [0.25, 0.3) is 0 Å². The molecule has 0 unspecified atom stereocenters. The average molecular weight is 484 g/mol. The van der Waals surface area contributed by atoms with Gasteiger partial charge in [-0.3, -0.25) is 10.1 Å². The van der Waals surface area contributed by atoms with Crippen LogP contribution < -0.4 is 14.8 Å². The number of hydrogen-bond acceptors (Lipinski definition) is 5. The summed E-state index contributed by atoms with van der Waals surface area (Å²) in [7, 11) is -3.56. The summed E-state index contributed by atoms with van der Waals surface area (Å²) in [4.78, 5) is 24.5. The molecule has 1 aliphatic carbocycles. The number of carbonyl (C=O) groups excluding carboxylic acids is 2. The lowest BCUT2D eigenvalue weighted by atomic mass is 9.97. The van der Waals surface area contributed by atoms with Crippen molar-refractivity contribution in [1.82, 2.24) is 14.9 Å². The third-order valence-corrected chi connectivity index (χ3v) is 7.38. The number of nitrogens with zero attached hydrogens (tertiary/aromatic N) is 1. The second-order valence-corrected chi connectivity index (χ2v) is 11.1. The highest BCUT2D eigenvalue weighted by Gasteiger charge is 2.26. The quantitative estimate of drug-likeness (QED) is 0.419. The molecule has 33 heavy (non-hydrogen) atoms. The molecular weight excluding hydrogens is 449 g/mol. The number of imide groups is 1. The Kier molecular flexibility index (Phi) is 8.69. The minimum absolute atomic E-state index is 0.0346. The molecule has 2 fully saturated rings. The Labute approximate surface area is 195 Å². The van der Waals surface area contributed by atoms with Gasteiger partial charge in [-0.25, -0.2) is 22.3 Å². The van der Waals surface area contributed by atoms with Crippen LogP contribution in [0.1, 0.15) is 64.0 Å². The number of ether oxygens (including phenoxy) is 1. The SMILES string of the molecule is CC(C)[C@@H](NS(=O)(=O)CCCCCN1CCC(=O)NC1=O)c1ccc(F)c(OCC2CC2)c1. The molecule has 1 saturated carbocycles. The first-order valence-corrected chi connectivity index (χ1v) is 13.3. The Morgan fingerprint density at radius 2 is 1.97 bits per heavy atom. The van der Waals surface area contributed by atoms with E-state index in [9.17, 15) is 22.4 Å². The van der Waals surface area contributed by atoms with Gasteiger partial charge in [0.1, 0.15) is 0 Å². The summed E-state index contributed by atoms with van der Waals surface area (Å²) in [5, 5.41) is 2.28. The van der Waals surface area contributed by atoms with Crippen LogP contribution in [0.3, 0.4) is 0 Å². The van der Waals surface area contributed by atoms with Crippen molar-refractivity contribution in [2.75, 3.05) is 25.4 Å². The van der Waals surface area contributed by atoms with E-state index in [-0.39, 0.29) is 35.8 Å². The van der Waals surface area contributed by atoms with Crippen molar-refractivity contribution in [2.45, 2.75) is 58.4 Å². The number of sulfonamides is 1. The van der Waals surface area contributed by atoms with Gasteiger partial charge in [0.15, 0.2) is 11.6 Å². The first kappa shape index (κ1) is 25.4. The molecule has 2 aliphatic rings. The Bertz CT molecular complexity index is 949. The van der Waals surface area contributed by atoms with Gasteiger partial charge in [-0.1, -0.05) is 26.3 Å². The molecule has 1 aromatic rings. The van der Waals surface area contributed by atoms with Crippen molar-refractivity contribution in [3.8, 4) is 5.75 Å². The summed E-state index contributed by atoms with van der Waals surface area (Å²) in [6, 6.07) is 3.64. The van der Waals surface area contributed by atoms with Crippen molar-refractivity contribution in [2.24, 2.45) is 11.8 Å². The summed E-state index contributed by atoms with van der Waals surface area (Å²) in [6.07, 6.45) is 4.23. The first-order valence-electron chi connectivity index (χ1n) is 11.7. The predicted molar refractivity (Wildman–Crippen MR) is 123 cm³/mol. The number of halogens is 1. The summed E-state index contributed by atoms with van der Waals surface area (Å²) in [5.74, 6) is -0.145. The number of urea groups is 1. The molecule has 184 valence electrons. The molecule has 8 nitrogen and oxygen atoms in total. The molecule has 10 heteroatoms. The highest BCUT2D eigenvalue weighted by Crippen LogP contribution is 2.32. The average Bonchev–Trinajstić information content (AvgIpc) is 3.57. The third kappa shape index (κ3) is 7.96. The van der Waals surface area contributed by atoms with E-state index in [4.69, 9.17) is 4.74 Å². The van der Waals surface area contributed by atoms with Crippen LogP contribution in [0.2, 0.25) is 0 Å². The van der Waals surface area contributed by atoms with Crippen molar-refractivity contribution < 1.29 is 27.1 Å². The number of amides is 3. The second-order valence-electron chi connectivity index (χ2n) is 9.25. The van der Waals surface area contributed by atoms with E-state index in [1.54, 1.807) is 17.0 Å². The van der Waals surface area contributed by atoms with Crippen molar-refractivity contribution in [3.05, 3.63) is 29.6 Å². The van der Waals surface area contributed by atoms with Crippen molar-refractivity contribution in [3.63, 3.8) is 0 Å². The summed E-state index contributed by atoms with van der Waals surface area (Å²) >= 11 is 0. The van der Waals surface area contributed by atoms with E-state index in [0.29, 0.717) is 50.4 Å². The molecule has 0 radical (unpaired) electrons. The fourth-order valence-corrected chi connectivity index (χ4v) is 5.24. The number of rotatable bonds is 13. The van der Waals surface area contributed by atoms with Gasteiger partial charge >= 0.3 is 6.03 Å². The molecule has 3 amide bonds. The Hall–Kier alpha value is -2.20. The van der Waals surface area contributed by atoms with Crippen LogP contribution in [0.25, 0.3) is 0 Å². The molecule has 0 aromatic heterocycles. The smallest absolute Gasteiger partial charge is 0.324 e. The normalized spacial score (nSPS) is 17.9. The zero-order valence-electron chi connectivity index (χ0n) is 19.3. The van der Waals surface area contributed by atoms with Gasteiger partial charge in [-0.05, 0) is 55.2 Å². The van der Waals surface area contributed by atoms with Crippen molar-refractivity contribution in [1.29, 1.82) is 0 Å². The zero-order valence-corrected chi connectivity index (χ0v) is 20.1. The number of carbonyl (C=O) groups is 2. The summed E-state index contributed by atoms with van der Waals surface area (Å²) in [5.41, 5.74) is 0.673. The Balaban J connectivity index is 1.49.